The average molecular weight is 361 g/mol. The summed E-state index contributed by atoms with van der Waals surface area (Å²) in [5.41, 5.74) is 0.314. The van der Waals surface area contributed by atoms with E-state index in [2.05, 4.69) is 5.32 Å². The van der Waals surface area contributed by atoms with E-state index in [1.165, 1.54) is 23.5 Å². The van der Waals surface area contributed by atoms with E-state index in [-0.39, 0.29) is 23.3 Å². The number of carbonyl (C=O) groups excluding carboxylic acids is 2. The average Bonchev–Trinajstić information content (AvgIpc) is 3.49. The predicted octanol–water partition coefficient (Wildman–Crippen LogP) is 0.873. The number of methoxy groups -OCH3 is 1. The van der Waals surface area contributed by atoms with Crippen molar-refractivity contribution < 1.29 is 14.3 Å². The Kier molecular flexibility index (Phi) is 6.08. The molecule has 1 aliphatic carbocycles. The Bertz CT molecular complexity index is 711. The number of aromatic nitrogens is 1. The van der Waals surface area contributed by atoms with Crippen LogP contribution in [0.25, 0.3) is 0 Å². The van der Waals surface area contributed by atoms with Gasteiger partial charge in [-0.2, -0.15) is 0 Å². The molecule has 2 heterocycles. The number of rotatable bonds is 7. The summed E-state index contributed by atoms with van der Waals surface area (Å²) < 4.78 is 6.49. The molecule has 1 aromatic rings. The molecule has 7 heteroatoms. The maximum Gasteiger partial charge on any atom is 0.255 e. The minimum Gasteiger partial charge on any atom is -0.383 e. The van der Waals surface area contributed by atoms with Crippen molar-refractivity contribution in [2.24, 2.45) is 11.8 Å². The number of pyridine rings is 1. The number of ether oxygens (including phenoxy) is 1. The van der Waals surface area contributed by atoms with Crippen molar-refractivity contribution in [2.75, 3.05) is 33.4 Å². The molecule has 1 saturated heterocycles. The lowest BCUT2D eigenvalue weighted by atomic mass is 9.96. The normalized spacial score (nSPS) is 20.0. The van der Waals surface area contributed by atoms with Gasteiger partial charge in [0, 0.05) is 45.6 Å². The summed E-state index contributed by atoms with van der Waals surface area (Å²) in [4.78, 5) is 38.8. The first-order valence-electron chi connectivity index (χ1n) is 9.35. The summed E-state index contributed by atoms with van der Waals surface area (Å²) in [7, 11) is 1.57. The fourth-order valence-corrected chi connectivity index (χ4v) is 3.29. The second-order valence-corrected chi connectivity index (χ2v) is 7.22. The Hall–Kier alpha value is -2.15. The molecule has 1 aliphatic heterocycles. The summed E-state index contributed by atoms with van der Waals surface area (Å²) >= 11 is 0. The lowest BCUT2D eigenvalue weighted by Crippen LogP contribution is -2.46. The van der Waals surface area contributed by atoms with Crippen LogP contribution in [0.2, 0.25) is 0 Å². The molecule has 2 aliphatic rings. The summed E-state index contributed by atoms with van der Waals surface area (Å²) in [5.74, 6) is 0.426. The SMILES string of the molecule is COCCn1cc(C(=O)N2CCCC(C(=O)NCC3CC3)C2)ccc1=O. The molecule has 1 N–H and O–H groups in total. The molecule has 0 aromatic carbocycles. The summed E-state index contributed by atoms with van der Waals surface area (Å²) in [6, 6.07) is 2.97. The van der Waals surface area contributed by atoms with Crippen molar-refractivity contribution in [1.29, 1.82) is 0 Å². The highest BCUT2D eigenvalue weighted by atomic mass is 16.5. The van der Waals surface area contributed by atoms with Crippen LogP contribution in [-0.2, 0) is 16.1 Å². The number of likely N-dealkylation sites (tertiary alicyclic amines) is 1. The quantitative estimate of drug-likeness (QED) is 0.782. The van der Waals surface area contributed by atoms with Crippen LogP contribution in [0.5, 0.6) is 0 Å². The van der Waals surface area contributed by atoms with Gasteiger partial charge in [-0.15, -0.1) is 0 Å². The van der Waals surface area contributed by atoms with Crippen LogP contribution in [0.4, 0.5) is 0 Å². The van der Waals surface area contributed by atoms with Crippen LogP contribution >= 0.6 is 0 Å². The van der Waals surface area contributed by atoms with Crippen molar-refractivity contribution in [2.45, 2.75) is 32.2 Å². The lowest BCUT2D eigenvalue weighted by molar-refractivity contribution is -0.126. The van der Waals surface area contributed by atoms with Crippen molar-refractivity contribution in [3.63, 3.8) is 0 Å². The number of hydrogen-bond donors (Lipinski definition) is 1. The third kappa shape index (κ3) is 4.72. The van der Waals surface area contributed by atoms with Gasteiger partial charge in [-0.05, 0) is 37.7 Å². The van der Waals surface area contributed by atoms with Gasteiger partial charge in [0.25, 0.3) is 11.5 Å². The molecule has 0 spiro atoms. The smallest absolute Gasteiger partial charge is 0.255 e. The van der Waals surface area contributed by atoms with Crippen LogP contribution in [0.1, 0.15) is 36.0 Å². The second kappa shape index (κ2) is 8.49. The van der Waals surface area contributed by atoms with Gasteiger partial charge < -0.3 is 19.5 Å². The summed E-state index contributed by atoms with van der Waals surface area (Å²) in [6.07, 6.45) is 5.62. The van der Waals surface area contributed by atoms with Crippen molar-refractivity contribution in [3.05, 3.63) is 34.2 Å². The Balaban J connectivity index is 1.62. The van der Waals surface area contributed by atoms with Crippen LogP contribution in [0, 0.1) is 11.8 Å². The molecule has 7 nitrogen and oxygen atoms in total. The third-order valence-corrected chi connectivity index (χ3v) is 5.11. The zero-order valence-electron chi connectivity index (χ0n) is 15.3. The number of nitrogens with zero attached hydrogens (tertiary/aromatic N) is 2. The fraction of sp³-hybridized carbons (Fsp3) is 0.632. The minimum absolute atomic E-state index is 0.0551. The van der Waals surface area contributed by atoms with Crippen molar-refractivity contribution >= 4 is 11.8 Å². The molecule has 2 fully saturated rings. The Labute approximate surface area is 153 Å². The van der Waals surface area contributed by atoms with Gasteiger partial charge in [0.15, 0.2) is 0 Å². The molecule has 142 valence electrons. The monoisotopic (exact) mass is 361 g/mol. The zero-order chi connectivity index (χ0) is 18.5. The molecule has 0 bridgehead atoms. The topological polar surface area (TPSA) is 80.6 Å². The zero-order valence-corrected chi connectivity index (χ0v) is 15.3. The molecule has 1 aromatic heterocycles. The molecule has 1 unspecified atom stereocenters. The van der Waals surface area contributed by atoms with E-state index >= 15 is 0 Å². The van der Waals surface area contributed by atoms with Crippen molar-refractivity contribution in [1.82, 2.24) is 14.8 Å². The molecular weight excluding hydrogens is 334 g/mol. The fourth-order valence-electron chi connectivity index (χ4n) is 3.29. The van der Waals surface area contributed by atoms with Gasteiger partial charge >= 0.3 is 0 Å². The second-order valence-electron chi connectivity index (χ2n) is 7.22. The molecule has 1 saturated carbocycles. The van der Waals surface area contributed by atoms with E-state index in [1.807, 2.05) is 0 Å². The van der Waals surface area contributed by atoms with E-state index < -0.39 is 0 Å². The maximum absolute atomic E-state index is 12.8. The molecule has 2 amide bonds. The Morgan fingerprint density at radius 2 is 2.08 bits per heavy atom. The van der Waals surface area contributed by atoms with Gasteiger partial charge in [0.2, 0.25) is 5.91 Å². The molecule has 26 heavy (non-hydrogen) atoms. The Morgan fingerprint density at radius 1 is 1.27 bits per heavy atom. The van der Waals surface area contributed by atoms with Gasteiger partial charge in [-0.1, -0.05) is 0 Å². The molecule has 1 atom stereocenters. The predicted molar refractivity (Wildman–Crippen MR) is 96.9 cm³/mol. The lowest BCUT2D eigenvalue weighted by Gasteiger charge is -2.32. The van der Waals surface area contributed by atoms with Crippen LogP contribution in [-0.4, -0.2) is 54.6 Å². The third-order valence-electron chi connectivity index (χ3n) is 5.11. The number of piperidine rings is 1. The molecule has 0 radical (unpaired) electrons. The number of amides is 2. The highest BCUT2D eigenvalue weighted by molar-refractivity contribution is 5.94. The van der Waals surface area contributed by atoms with Gasteiger partial charge in [-0.3, -0.25) is 14.4 Å². The van der Waals surface area contributed by atoms with Gasteiger partial charge in [0.1, 0.15) is 0 Å². The van der Waals surface area contributed by atoms with Crippen LogP contribution < -0.4 is 10.9 Å². The van der Waals surface area contributed by atoms with Gasteiger partial charge in [0.05, 0.1) is 18.1 Å². The van der Waals surface area contributed by atoms with Crippen molar-refractivity contribution in [3.8, 4) is 0 Å². The largest absolute Gasteiger partial charge is 0.383 e. The first kappa shape index (κ1) is 18.6. The summed E-state index contributed by atoms with van der Waals surface area (Å²) in [5, 5.41) is 3.02. The molecular formula is C19H27N3O4. The van der Waals surface area contributed by atoms with E-state index in [4.69, 9.17) is 4.74 Å². The standard InChI is InChI=1S/C19H27N3O4/c1-26-10-9-21-13-16(6-7-17(21)23)19(25)22-8-2-3-15(12-22)18(24)20-11-14-4-5-14/h6-7,13-15H,2-5,8-12H2,1H3,(H,20,24). The highest BCUT2D eigenvalue weighted by Gasteiger charge is 2.30. The highest BCUT2D eigenvalue weighted by Crippen LogP contribution is 2.28. The van der Waals surface area contributed by atoms with Crippen LogP contribution in [0.15, 0.2) is 23.1 Å². The van der Waals surface area contributed by atoms with E-state index in [1.54, 1.807) is 24.3 Å². The van der Waals surface area contributed by atoms with E-state index in [0.29, 0.717) is 37.7 Å². The minimum atomic E-state index is -0.158. The number of carbonyl (C=O) groups is 2. The van der Waals surface area contributed by atoms with E-state index in [0.717, 1.165) is 19.4 Å². The number of hydrogen-bond acceptors (Lipinski definition) is 4. The van der Waals surface area contributed by atoms with Crippen LogP contribution in [0.3, 0.4) is 0 Å². The van der Waals surface area contributed by atoms with Gasteiger partial charge in [-0.25, -0.2) is 0 Å². The maximum atomic E-state index is 12.8. The summed E-state index contributed by atoms with van der Waals surface area (Å²) in [6.45, 7) is 2.65. The molecule has 3 rings (SSSR count). The first-order valence-corrected chi connectivity index (χ1v) is 9.35. The van der Waals surface area contributed by atoms with E-state index in [9.17, 15) is 14.4 Å². The Morgan fingerprint density at radius 3 is 2.81 bits per heavy atom. The number of nitrogens with one attached hydrogen (secondary N) is 1. The first-order chi connectivity index (χ1) is 12.6.